The van der Waals surface area contributed by atoms with Crippen LogP contribution in [-0.2, 0) is 0 Å². The lowest BCUT2D eigenvalue weighted by Crippen LogP contribution is -2.12. The van der Waals surface area contributed by atoms with Crippen LogP contribution in [0.3, 0.4) is 0 Å². The lowest BCUT2D eigenvalue weighted by Gasteiger charge is -2.30. The largest absolute Gasteiger partial charge is 0.309 e. The van der Waals surface area contributed by atoms with Crippen molar-refractivity contribution in [1.82, 2.24) is 4.57 Å². The first-order valence-electron chi connectivity index (χ1n) is 19.2. The second-order valence-corrected chi connectivity index (χ2v) is 14.1. The van der Waals surface area contributed by atoms with Gasteiger partial charge in [0.1, 0.15) is 0 Å². The maximum absolute atomic E-state index is 2.47. The molecule has 2 nitrogen and oxygen atoms in total. The van der Waals surface area contributed by atoms with E-state index in [2.05, 4.69) is 240 Å². The molecular weight excluding hydrogens is 677 g/mol. The Bertz CT molecular complexity index is 2950. The van der Waals surface area contributed by atoms with Crippen LogP contribution in [-0.4, -0.2) is 4.57 Å². The van der Waals surface area contributed by atoms with Crippen molar-refractivity contribution in [3.8, 4) is 50.2 Å². The van der Waals surface area contributed by atoms with Crippen LogP contribution in [0.4, 0.5) is 17.1 Å². The van der Waals surface area contributed by atoms with Crippen molar-refractivity contribution >= 4 is 38.9 Å². The quantitative estimate of drug-likeness (QED) is 0.152. The van der Waals surface area contributed by atoms with Gasteiger partial charge in [0.15, 0.2) is 0 Å². The molecule has 0 bridgehead atoms. The van der Waals surface area contributed by atoms with Crippen molar-refractivity contribution < 1.29 is 0 Å². The number of hydrogen-bond donors (Lipinski definition) is 0. The number of aromatic nitrogens is 1. The Kier molecular flexibility index (Phi) is 8.55. The number of hydrogen-bond acceptors (Lipinski definition) is 1. The zero-order valence-corrected chi connectivity index (χ0v) is 30.8. The predicted molar refractivity (Wildman–Crippen MR) is 237 cm³/mol. The molecule has 10 aromatic rings. The Labute approximate surface area is 327 Å². The van der Waals surface area contributed by atoms with Gasteiger partial charge in [0.25, 0.3) is 0 Å². The van der Waals surface area contributed by atoms with Gasteiger partial charge in [-0.15, -0.1) is 0 Å². The first-order chi connectivity index (χ1) is 27.8. The summed E-state index contributed by atoms with van der Waals surface area (Å²) in [6.07, 6.45) is 0. The Morgan fingerprint density at radius 2 is 0.804 bits per heavy atom. The average molecular weight is 715 g/mol. The highest BCUT2D eigenvalue weighted by Gasteiger charge is 2.24. The van der Waals surface area contributed by atoms with Gasteiger partial charge < -0.3 is 9.47 Å². The van der Waals surface area contributed by atoms with E-state index in [1.165, 1.54) is 49.7 Å². The zero-order chi connectivity index (χ0) is 37.3. The van der Waals surface area contributed by atoms with Gasteiger partial charge in [-0.3, -0.25) is 0 Å². The molecule has 0 aliphatic heterocycles. The molecule has 9 aromatic carbocycles. The molecular formula is C54H38N2. The van der Waals surface area contributed by atoms with E-state index in [9.17, 15) is 0 Å². The van der Waals surface area contributed by atoms with E-state index >= 15 is 0 Å². The lowest BCUT2D eigenvalue weighted by atomic mass is 9.89. The highest BCUT2D eigenvalue weighted by atomic mass is 15.2. The Hall–Kier alpha value is -7.42. The van der Waals surface area contributed by atoms with E-state index in [1.807, 2.05) is 0 Å². The summed E-state index contributed by atoms with van der Waals surface area (Å²) in [6, 6.07) is 83.1. The zero-order valence-electron chi connectivity index (χ0n) is 30.8. The summed E-state index contributed by atoms with van der Waals surface area (Å²) in [7, 11) is 0. The summed E-state index contributed by atoms with van der Waals surface area (Å²) in [4.78, 5) is 2.47. The van der Waals surface area contributed by atoms with E-state index in [-0.39, 0.29) is 0 Å². The van der Waals surface area contributed by atoms with Gasteiger partial charge in [0.05, 0.1) is 22.4 Å². The molecule has 0 amide bonds. The van der Waals surface area contributed by atoms with E-state index in [0.29, 0.717) is 0 Å². The predicted octanol–water partition coefficient (Wildman–Crippen LogP) is 14.9. The van der Waals surface area contributed by atoms with Crippen LogP contribution in [0.5, 0.6) is 0 Å². The standard InChI is InChI=1S/C54H38N2/c1-5-20-39(21-6-1)44-28-13-14-30-46(44)41-36-37-51(49(38-41)47-31-16-15-29-45(47)40-22-7-2-8-23-40)56(43-26-11-4-12-27-43)53-35-19-34-52-54(53)48-32-17-18-33-50(48)55(52)42-24-9-3-10-25-42/h1-38H. The second kappa shape index (κ2) is 14.4. The fourth-order valence-electron chi connectivity index (χ4n) is 8.33. The van der Waals surface area contributed by atoms with Crippen LogP contribution in [0.25, 0.3) is 72.0 Å². The highest BCUT2D eigenvalue weighted by molar-refractivity contribution is 6.17. The van der Waals surface area contributed by atoms with Gasteiger partial charge in [-0.2, -0.15) is 0 Å². The smallest absolute Gasteiger partial charge is 0.0562 e. The topological polar surface area (TPSA) is 8.17 Å². The lowest BCUT2D eigenvalue weighted by molar-refractivity contribution is 1.18. The van der Waals surface area contributed by atoms with Crippen molar-refractivity contribution in [2.45, 2.75) is 0 Å². The van der Waals surface area contributed by atoms with Gasteiger partial charge in [-0.25, -0.2) is 0 Å². The third-order valence-corrected chi connectivity index (χ3v) is 10.8. The summed E-state index contributed by atoms with van der Waals surface area (Å²) in [6.45, 7) is 0. The second-order valence-electron chi connectivity index (χ2n) is 14.1. The number of fused-ring (bicyclic) bond motifs is 3. The monoisotopic (exact) mass is 714 g/mol. The number of nitrogens with zero attached hydrogens (tertiary/aromatic N) is 2. The summed E-state index contributed by atoms with van der Waals surface area (Å²) >= 11 is 0. The average Bonchev–Trinajstić information content (AvgIpc) is 3.63. The molecule has 0 atom stereocenters. The van der Waals surface area contributed by atoms with Crippen LogP contribution >= 0.6 is 0 Å². The van der Waals surface area contributed by atoms with Crippen LogP contribution in [0.1, 0.15) is 0 Å². The third-order valence-electron chi connectivity index (χ3n) is 10.8. The minimum absolute atomic E-state index is 1.09. The summed E-state index contributed by atoms with van der Waals surface area (Å²) in [5.74, 6) is 0. The van der Waals surface area contributed by atoms with Gasteiger partial charge >= 0.3 is 0 Å². The fourth-order valence-corrected chi connectivity index (χ4v) is 8.33. The number of benzene rings is 9. The molecule has 2 heteroatoms. The molecule has 1 aromatic heterocycles. The Morgan fingerprint density at radius 3 is 1.46 bits per heavy atom. The molecule has 0 spiro atoms. The number of para-hydroxylation sites is 3. The highest BCUT2D eigenvalue weighted by Crippen LogP contribution is 2.49. The van der Waals surface area contributed by atoms with Crippen molar-refractivity contribution in [3.05, 3.63) is 231 Å². The van der Waals surface area contributed by atoms with E-state index < -0.39 is 0 Å². The normalized spacial score (nSPS) is 11.2. The molecule has 0 saturated carbocycles. The van der Waals surface area contributed by atoms with Crippen LogP contribution in [0.2, 0.25) is 0 Å². The van der Waals surface area contributed by atoms with E-state index in [0.717, 1.165) is 39.4 Å². The molecule has 0 saturated heterocycles. The maximum atomic E-state index is 2.47. The fraction of sp³-hybridized carbons (Fsp3) is 0. The molecule has 0 N–H and O–H groups in total. The molecule has 0 fully saturated rings. The van der Waals surface area contributed by atoms with E-state index in [4.69, 9.17) is 0 Å². The van der Waals surface area contributed by atoms with Crippen LogP contribution < -0.4 is 4.90 Å². The van der Waals surface area contributed by atoms with Crippen molar-refractivity contribution in [1.29, 1.82) is 0 Å². The Morgan fingerprint density at radius 1 is 0.304 bits per heavy atom. The van der Waals surface area contributed by atoms with Crippen LogP contribution in [0, 0.1) is 0 Å². The Balaban J connectivity index is 1.29. The first kappa shape index (κ1) is 33.2. The molecule has 0 radical (unpaired) electrons. The third kappa shape index (κ3) is 5.85. The summed E-state index contributed by atoms with van der Waals surface area (Å²) in [5, 5.41) is 2.42. The van der Waals surface area contributed by atoms with Gasteiger partial charge in [-0.1, -0.05) is 176 Å². The minimum atomic E-state index is 1.09. The summed E-state index contributed by atoms with van der Waals surface area (Å²) in [5.41, 5.74) is 16.3. The molecule has 0 aliphatic carbocycles. The molecule has 10 rings (SSSR count). The molecule has 0 unspecified atom stereocenters. The van der Waals surface area contributed by atoms with Gasteiger partial charge in [0, 0.05) is 27.7 Å². The molecule has 264 valence electrons. The van der Waals surface area contributed by atoms with Crippen LogP contribution in [0.15, 0.2) is 231 Å². The summed E-state index contributed by atoms with van der Waals surface area (Å²) < 4.78 is 2.40. The van der Waals surface area contributed by atoms with Crippen molar-refractivity contribution in [2.24, 2.45) is 0 Å². The first-order valence-corrected chi connectivity index (χ1v) is 19.2. The molecule has 1 heterocycles. The maximum Gasteiger partial charge on any atom is 0.0562 e. The van der Waals surface area contributed by atoms with Gasteiger partial charge in [0.2, 0.25) is 0 Å². The number of anilines is 3. The molecule has 56 heavy (non-hydrogen) atoms. The SMILES string of the molecule is c1ccc(-c2ccccc2-c2ccc(N(c3ccccc3)c3cccc4c3c3ccccc3n4-c3ccccc3)c(-c3ccccc3-c3ccccc3)c2)cc1. The number of rotatable bonds is 8. The van der Waals surface area contributed by atoms with Gasteiger partial charge in [-0.05, 0) is 93.5 Å². The van der Waals surface area contributed by atoms with Crippen molar-refractivity contribution in [3.63, 3.8) is 0 Å². The minimum Gasteiger partial charge on any atom is -0.309 e. The van der Waals surface area contributed by atoms with Crippen molar-refractivity contribution in [2.75, 3.05) is 4.90 Å². The van der Waals surface area contributed by atoms with E-state index in [1.54, 1.807) is 0 Å². The molecule has 0 aliphatic rings.